The first-order valence-electron chi connectivity index (χ1n) is 5.44. The van der Waals surface area contributed by atoms with E-state index in [1.807, 2.05) is 0 Å². The number of amides is 1. The van der Waals surface area contributed by atoms with Gasteiger partial charge in [0, 0.05) is 0 Å². The van der Waals surface area contributed by atoms with Crippen LogP contribution in [0.25, 0.3) is 5.69 Å². The summed E-state index contributed by atoms with van der Waals surface area (Å²) in [5.41, 5.74) is 3.93. The molecule has 2 rings (SSSR count). The number of halogens is 4. The molecule has 20 heavy (non-hydrogen) atoms. The van der Waals surface area contributed by atoms with Gasteiger partial charge in [0.25, 0.3) is 5.91 Å². The van der Waals surface area contributed by atoms with Crippen LogP contribution in [0.2, 0.25) is 5.02 Å². The van der Waals surface area contributed by atoms with Crippen LogP contribution >= 0.6 is 11.6 Å². The highest BCUT2D eigenvalue weighted by Crippen LogP contribution is 2.37. The fourth-order valence-corrected chi connectivity index (χ4v) is 2.06. The van der Waals surface area contributed by atoms with Gasteiger partial charge in [0.05, 0.1) is 22.0 Å². The molecule has 0 spiro atoms. The Balaban J connectivity index is 2.79. The molecule has 4 nitrogen and oxygen atoms in total. The second-order valence-corrected chi connectivity index (χ2v) is 4.49. The van der Waals surface area contributed by atoms with E-state index in [0.717, 1.165) is 10.7 Å². The molecular weight excluding hydrogens is 295 g/mol. The first kappa shape index (κ1) is 14.4. The zero-order valence-electron chi connectivity index (χ0n) is 10.2. The van der Waals surface area contributed by atoms with Gasteiger partial charge in [-0.1, -0.05) is 17.7 Å². The van der Waals surface area contributed by atoms with E-state index in [1.54, 1.807) is 0 Å². The number of para-hydroxylation sites is 1. The van der Waals surface area contributed by atoms with Crippen LogP contribution in [0.4, 0.5) is 13.2 Å². The van der Waals surface area contributed by atoms with Crippen LogP contribution in [-0.4, -0.2) is 15.7 Å². The van der Waals surface area contributed by atoms with Crippen molar-refractivity contribution in [2.75, 3.05) is 0 Å². The van der Waals surface area contributed by atoms with Crippen LogP contribution in [0, 0.1) is 6.92 Å². The SMILES string of the molecule is Cc1cc(C(N)=O)n(-c2c(Cl)cccc2C(F)(F)F)n1. The lowest BCUT2D eigenvalue weighted by atomic mass is 10.1. The molecule has 2 N–H and O–H groups in total. The highest BCUT2D eigenvalue weighted by Gasteiger charge is 2.36. The monoisotopic (exact) mass is 303 g/mol. The smallest absolute Gasteiger partial charge is 0.364 e. The molecule has 8 heteroatoms. The van der Waals surface area contributed by atoms with Gasteiger partial charge in [-0.15, -0.1) is 0 Å². The molecule has 0 aliphatic carbocycles. The van der Waals surface area contributed by atoms with Crippen molar-refractivity contribution in [3.05, 3.63) is 46.2 Å². The Morgan fingerprint density at radius 3 is 2.60 bits per heavy atom. The third-order valence-corrected chi connectivity index (χ3v) is 2.89. The molecule has 0 saturated heterocycles. The molecule has 0 atom stereocenters. The molecule has 0 radical (unpaired) electrons. The number of rotatable bonds is 2. The highest BCUT2D eigenvalue weighted by molar-refractivity contribution is 6.32. The standard InChI is InChI=1S/C12H9ClF3N3O/c1-6-5-9(11(17)20)19(18-6)10-7(12(14,15)16)3-2-4-8(10)13/h2-5H,1H3,(H2,17,20). The minimum absolute atomic E-state index is 0.166. The second-order valence-electron chi connectivity index (χ2n) is 4.08. The normalized spacial score (nSPS) is 11.7. The van der Waals surface area contributed by atoms with Crippen LogP contribution in [0.5, 0.6) is 0 Å². The van der Waals surface area contributed by atoms with Gasteiger partial charge in [0.1, 0.15) is 5.69 Å². The number of aryl methyl sites for hydroxylation is 1. The first-order valence-corrected chi connectivity index (χ1v) is 5.82. The van der Waals surface area contributed by atoms with Gasteiger partial charge in [-0.3, -0.25) is 4.79 Å². The summed E-state index contributed by atoms with van der Waals surface area (Å²) >= 11 is 5.84. The number of nitrogens with zero attached hydrogens (tertiary/aromatic N) is 2. The number of aromatic nitrogens is 2. The molecular formula is C12H9ClF3N3O. The van der Waals surface area contributed by atoms with E-state index >= 15 is 0 Å². The van der Waals surface area contributed by atoms with E-state index in [1.165, 1.54) is 25.1 Å². The molecule has 106 valence electrons. The molecule has 0 unspecified atom stereocenters. The Bertz CT molecular complexity index is 679. The molecule has 0 bridgehead atoms. The average Bonchev–Trinajstić information content (AvgIpc) is 2.69. The van der Waals surface area contributed by atoms with Gasteiger partial charge in [0.15, 0.2) is 0 Å². The van der Waals surface area contributed by atoms with Gasteiger partial charge in [-0.25, -0.2) is 4.68 Å². The molecule has 0 saturated carbocycles. The number of hydrogen-bond acceptors (Lipinski definition) is 2. The third kappa shape index (κ3) is 2.49. The van der Waals surface area contributed by atoms with Gasteiger partial charge in [-0.2, -0.15) is 18.3 Å². The topological polar surface area (TPSA) is 60.9 Å². The lowest BCUT2D eigenvalue weighted by molar-refractivity contribution is -0.137. The van der Waals surface area contributed by atoms with E-state index in [0.29, 0.717) is 5.69 Å². The van der Waals surface area contributed by atoms with E-state index in [-0.39, 0.29) is 10.7 Å². The van der Waals surface area contributed by atoms with Gasteiger partial charge in [-0.05, 0) is 25.1 Å². The predicted octanol–water partition coefficient (Wildman–Crippen LogP) is 2.95. The fraction of sp³-hybridized carbons (Fsp3) is 0.167. The van der Waals surface area contributed by atoms with Crippen molar-refractivity contribution < 1.29 is 18.0 Å². The predicted molar refractivity (Wildman–Crippen MR) is 66.8 cm³/mol. The lowest BCUT2D eigenvalue weighted by Crippen LogP contribution is -2.19. The van der Waals surface area contributed by atoms with Crippen molar-refractivity contribution >= 4 is 17.5 Å². The maximum atomic E-state index is 13.0. The van der Waals surface area contributed by atoms with Crippen molar-refractivity contribution in [2.24, 2.45) is 5.73 Å². The summed E-state index contributed by atoms with van der Waals surface area (Å²) < 4.78 is 39.9. The summed E-state index contributed by atoms with van der Waals surface area (Å²) in [5.74, 6) is -0.890. The summed E-state index contributed by atoms with van der Waals surface area (Å²) in [7, 11) is 0. The molecule has 1 amide bonds. The Morgan fingerprint density at radius 1 is 1.40 bits per heavy atom. The number of alkyl halides is 3. The number of primary amides is 1. The first-order chi connectivity index (χ1) is 9.21. The number of nitrogens with two attached hydrogens (primary N) is 1. The minimum Gasteiger partial charge on any atom is -0.364 e. The quantitative estimate of drug-likeness (QED) is 0.927. The van der Waals surface area contributed by atoms with E-state index in [4.69, 9.17) is 17.3 Å². The molecule has 2 aromatic rings. The van der Waals surface area contributed by atoms with Crippen molar-refractivity contribution in [1.29, 1.82) is 0 Å². The number of carbonyl (C=O) groups is 1. The van der Waals surface area contributed by atoms with E-state index in [9.17, 15) is 18.0 Å². The van der Waals surface area contributed by atoms with Gasteiger partial charge < -0.3 is 5.73 Å². The zero-order chi connectivity index (χ0) is 15.1. The minimum atomic E-state index is -4.63. The molecule has 1 aromatic heterocycles. The van der Waals surface area contributed by atoms with Crippen LogP contribution in [0.15, 0.2) is 24.3 Å². The van der Waals surface area contributed by atoms with Crippen LogP contribution in [0.3, 0.4) is 0 Å². The largest absolute Gasteiger partial charge is 0.418 e. The van der Waals surface area contributed by atoms with Crippen LogP contribution in [0.1, 0.15) is 21.7 Å². The Kier molecular flexibility index (Phi) is 3.47. The molecule has 0 aliphatic rings. The number of hydrogen-bond donors (Lipinski definition) is 1. The Morgan fingerprint density at radius 2 is 2.05 bits per heavy atom. The summed E-state index contributed by atoms with van der Waals surface area (Å²) in [6.45, 7) is 1.53. The summed E-state index contributed by atoms with van der Waals surface area (Å²) in [4.78, 5) is 11.3. The maximum Gasteiger partial charge on any atom is 0.418 e. The number of benzene rings is 1. The highest BCUT2D eigenvalue weighted by atomic mass is 35.5. The van der Waals surface area contributed by atoms with E-state index < -0.39 is 23.3 Å². The maximum absolute atomic E-state index is 13.0. The summed E-state index contributed by atoms with van der Waals surface area (Å²) in [5, 5.41) is 3.69. The number of carbonyl (C=O) groups excluding carboxylic acids is 1. The molecule has 1 aromatic carbocycles. The van der Waals surface area contributed by atoms with Crippen LogP contribution in [-0.2, 0) is 6.18 Å². The van der Waals surface area contributed by atoms with Crippen molar-refractivity contribution in [2.45, 2.75) is 13.1 Å². The Labute approximate surface area is 116 Å². The Hall–Kier alpha value is -2.02. The van der Waals surface area contributed by atoms with Crippen molar-refractivity contribution in [3.8, 4) is 5.69 Å². The van der Waals surface area contributed by atoms with E-state index in [2.05, 4.69) is 5.10 Å². The molecule has 0 fully saturated rings. The third-order valence-electron chi connectivity index (χ3n) is 2.59. The molecule has 0 aliphatic heterocycles. The summed E-state index contributed by atoms with van der Waals surface area (Å²) in [6.07, 6.45) is -4.63. The van der Waals surface area contributed by atoms with Crippen molar-refractivity contribution in [1.82, 2.24) is 9.78 Å². The fourth-order valence-electron chi connectivity index (χ4n) is 1.80. The van der Waals surface area contributed by atoms with Gasteiger partial charge in [0.2, 0.25) is 0 Å². The van der Waals surface area contributed by atoms with Crippen molar-refractivity contribution in [3.63, 3.8) is 0 Å². The molecule has 1 heterocycles. The zero-order valence-corrected chi connectivity index (χ0v) is 11.0. The van der Waals surface area contributed by atoms with Gasteiger partial charge >= 0.3 is 6.18 Å². The second kappa shape index (κ2) is 4.82. The summed E-state index contributed by atoms with van der Waals surface area (Å²) in [6, 6.07) is 4.62. The average molecular weight is 304 g/mol. The van der Waals surface area contributed by atoms with Crippen LogP contribution < -0.4 is 5.73 Å². The lowest BCUT2D eigenvalue weighted by Gasteiger charge is -2.15.